The zero-order valence-electron chi connectivity index (χ0n) is 11.6. The van der Waals surface area contributed by atoms with Crippen LogP contribution in [0.4, 0.5) is 11.4 Å². The molecule has 1 N–H and O–H groups in total. The van der Waals surface area contributed by atoms with Gasteiger partial charge in [0.05, 0.1) is 10.5 Å². The lowest BCUT2D eigenvalue weighted by molar-refractivity contribution is -0.384. The Hall–Kier alpha value is -2.11. The van der Waals surface area contributed by atoms with Crippen molar-refractivity contribution in [2.45, 2.75) is 26.7 Å². The van der Waals surface area contributed by atoms with Gasteiger partial charge in [-0.2, -0.15) is 0 Å². The number of nitro groups is 1. The molecule has 20 heavy (non-hydrogen) atoms. The molecule has 0 unspecified atom stereocenters. The number of carboxylic acid groups (broad SMARTS) is 1. The fourth-order valence-electron chi connectivity index (χ4n) is 2.42. The van der Waals surface area contributed by atoms with Gasteiger partial charge < -0.3 is 10.0 Å². The number of aromatic carboxylic acids is 1. The molecule has 0 bridgehead atoms. The number of carbonyl (C=O) groups is 1. The van der Waals surface area contributed by atoms with Crippen LogP contribution in [0.15, 0.2) is 18.2 Å². The third-order valence-electron chi connectivity index (χ3n) is 3.88. The Bertz CT molecular complexity index is 544. The summed E-state index contributed by atoms with van der Waals surface area (Å²) in [6, 6.07) is 4.10. The summed E-state index contributed by atoms with van der Waals surface area (Å²) in [4.78, 5) is 23.5. The molecule has 1 aliphatic heterocycles. The summed E-state index contributed by atoms with van der Waals surface area (Å²) in [7, 11) is 0. The maximum Gasteiger partial charge on any atom is 0.335 e. The van der Waals surface area contributed by atoms with E-state index in [2.05, 4.69) is 13.8 Å². The lowest BCUT2D eigenvalue weighted by Gasteiger charge is -2.37. The van der Waals surface area contributed by atoms with Crippen molar-refractivity contribution in [2.24, 2.45) is 5.41 Å². The van der Waals surface area contributed by atoms with Crippen LogP contribution in [0.3, 0.4) is 0 Å². The van der Waals surface area contributed by atoms with Gasteiger partial charge in [0.2, 0.25) is 0 Å². The maximum atomic E-state index is 11.2. The molecule has 1 aromatic rings. The second-order valence-corrected chi connectivity index (χ2v) is 5.92. The highest BCUT2D eigenvalue weighted by Gasteiger charge is 2.29. The lowest BCUT2D eigenvalue weighted by atomic mass is 9.82. The maximum absolute atomic E-state index is 11.2. The zero-order chi connectivity index (χ0) is 14.9. The van der Waals surface area contributed by atoms with Crippen molar-refractivity contribution in [1.29, 1.82) is 0 Å². The van der Waals surface area contributed by atoms with Gasteiger partial charge >= 0.3 is 5.97 Å². The molecule has 1 fully saturated rings. The van der Waals surface area contributed by atoms with Gasteiger partial charge in [0.1, 0.15) is 5.69 Å². The Labute approximate surface area is 117 Å². The van der Waals surface area contributed by atoms with Crippen molar-refractivity contribution in [1.82, 2.24) is 0 Å². The molecule has 0 saturated carbocycles. The lowest BCUT2D eigenvalue weighted by Crippen LogP contribution is -2.37. The standard InChI is InChI=1S/C14H18N2O4/c1-14(2)5-7-15(8-6-14)11-4-3-10(13(17)18)9-12(11)16(19)20/h3-4,9H,5-8H2,1-2H3,(H,17,18). The smallest absolute Gasteiger partial charge is 0.335 e. The van der Waals surface area contributed by atoms with Crippen LogP contribution in [0.25, 0.3) is 0 Å². The van der Waals surface area contributed by atoms with Crippen molar-refractivity contribution >= 4 is 17.3 Å². The van der Waals surface area contributed by atoms with Gasteiger partial charge in [-0.05, 0) is 30.4 Å². The van der Waals surface area contributed by atoms with E-state index in [9.17, 15) is 14.9 Å². The predicted octanol–water partition coefficient (Wildman–Crippen LogP) is 2.92. The van der Waals surface area contributed by atoms with Crippen LogP contribution in [0.2, 0.25) is 0 Å². The molecule has 1 heterocycles. The van der Waals surface area contributed by atoms with E-state index in [1.165, 1.54) is 6.07 Å². The van der Waals surface area contributed by atoms with Crippen LogP contribution < -0.4 is 4.90 Å². The Balaban J connectivity index is 2.32. The summed E-state index contributed by atoms with van der Waals surface area (Å²) in [6.45, 7) is 5.87. The summed E-state index contributed by atoms with van der Waals surface area (Å²) in [5, 5.41) is 20.1. The summed E-state index contributed by atoms with van der Waals surface area (Å²) < 4.78 is 0. The van der Waals surface area contributed by atoms with Crippen molar-refractivity contribution in [3.8, 4) is 0 Å². The van der Waals surface area contributed by atoms with Crippen LogP contribution in [0, 0.1) is 15.5 Å². The van der Waals surface area contributed by atoms with Gasteiger partial charge in [0.15, 0.2) is 0 Å². The Morgan fingerprint density at radius 3 is 2.45 bits per heavy atom. The third-order valence-corrected chi connectivity index (χ3v) is 3.88. The molecule has 0 radical (unpaired) electrons. The number of benzene rings is 1. The number of carboxylic acids is 1. The second-order valence-electron chi connectivity index (χ2n) is 5.92. The Kier molecular flexibility index (Phi) is 3.65. The van der Waals surface area contributed by atoms with E-state index in [1.54, 1.807) is 6.07 Å². The monoisotopic (exact) mass is 278 g/mol. The number of nitro benzene ring substituents is 1. The summed E-state index contributed by atoms with van der Waals surface area (Å²) in [5.41, 5.74) is 0.574. The minimum absolute atomic E-state index is 0.0576. The number of nitrogens with zero attached hydrogens (tertiary/aromatic N) is 2. The van der Waals surface area contributed by atoms with Crippen molar-refractivity contribution in [3.05, 3.63) is 33.9 Å². The second kappa shape index (κ2) is 5.11. The van der Waals surface area contributed by atoms with Gasteiger partial charge in [-0.15, -0.1) is 0 Å². The molecule has 6 heteroatoms. The molecule has 0 aromatic heterocycles. The summed E-state index contributed by atoms with van der Waals surface area (Å²) >= 11 is 0. The average molecular weight is 278 g/mol. The van der Waals surface area contributed by atoms with Gasteiger partial charge in [0.25, 0.3) is 5.69 Å². The Morgan fingerprint density at radius 2 is 1.95 bits per heavy atom. The molecule has 6 nitrogen and oxygen atoms in total. The largest absolute Gasteiger partial charge is 0.478 e. The van der Waals surface area contributed by atoms with Crippen molar-refractivity contribution in [3.63, 3.8) is 0 Å². The van der Waals surface area contributed by atoms with Gasteiger partial charge in [0, 0.05) is 19.2 Å². The topological polar surface area (TPSA) is 83.7 Å². The first-order valence-corrected chi connectivity index (χ1v) is 6.57. The van der Waals surface area contributed by atoms with Crippen LogP contribution in [-0.4, -0.2) is 29.1 Å². The fourth-order valence-corrected chi connectivity index (χ4v) is 2.42. The molecular formula is C14H18N2O4. The highest BCUT2D eigenvalue weighted by atomic mass is 16.6. The quantitative estimate of drug-likeness (QED) is 0.678. The fraction of sp³-hybridized carbons (Fsp3) is 0.500. The molecule has 0 aliphatic carbocycles. The Morgan fingerprint density at radius 1 is 1.35 bits per heavy atom. The van der Waals surface area contributed by atoms with E-state index in [-0.39, 0.29) is 16.7 Å². The highest BCUT2D eigenvalue weighted by molar-refractivity contribution is 5.89. The molecular weight excluding hydrogens is 260 g/mol. The van der Waals surface area contributed by atoms with Crippen LogP contribution in [-0.2, 0) is 0 Å². The molecule has 0 spiro atoms. The average Bonchev–Trinajstić information content (AvgIpc) is 2.38. The molecule has 108 valence electrons. The third kappa shape index (κ3) is 2.89. The molecule has 1 saturated heterocycles. The first-order valence-electron chi connectivity index (χ1n) is 6.57. The number of anilines is 1. The SMILES string of the molecule is CC1(C)CCN(c2ccc(C(=O)O)cc2[N+](=O)[O-])CC1. The number of rotatable bonds is 3. The predicted molar refractivity (Wildman–Crippen MR) is 75.3 cm³/mol. The van der Waals surface area contributed by atoms with Crippen molar-refractivity contribution in [2.75, 3.05) is 18.0 Å². The number of piperidine rings is 1. The van der Waals surface area contributed by atoms with E-state index in [1.807, 2.05) is 4.90 Å². The van der Waals surface area contributed by atoms with E-state index >= 15 is 0 Å². The molecule has 1 aromatic carbocycles. The molecule has 0 atom stereocenters. The molecule has 1 aliphatic rings. The van der Waals surface area contributed by atoms with Crippen LogP contribution >= 0.6 is 0 Å². The first kappa shape index (κ1) is 14.3. The van der Waals surface area contributed by atoms with E-state index < -0.39 is 10.9 Å². The summed E-state index contributed by atoms with van der Waals surface area (Å²) in [5.74, 6) is -1.15. The number of hydrogen-bond acceptors (Lipinski definition) is 4. The van der Waals surface area contributed by atoms with E-state index in [0.717, 1.165) is 32.0 Å². The van der Waals surface area contributed by atoms with Gasteiger partial charge in [-0.25, -0.2) is 4.79 Å². The first-order chi connectivity index (χ1) is 9.30. The van der Waals surface area contributed by atoms with E-state index in [4.69, 9.17) is 5.11 Å². The van der Waals surface area contributed by atoms with Gasteiger partial charge in [-0.1, -0.05) is 13.8 Å². The van der Waals surface area contributed by atoms with Crippen LogP contribution in [0.1, 0.15) is 37.0 Å². The minimum Gasteiger partial charge on any atom is -0.478 e. The molecule has 2 rings (SSSR count). The normalized spacial score (nSPS) is 17.8. The van der Waals surface area contributed by atoms with E-state index in [0.29, 0.717) is 5.69 Å². The number of hydrogen-bond donors (Lipinski definition) is 1. The zero-order valence-corrected chi connectivity index (χ0v) is 11.6. The van der Waals surface area contributed by atoms with Crippen molar-refractivity contribution < 1.29 is 14.8 Å². The highest BCUT2D eigenvalue weighted by Crippen LogP contribution is 2.36. The molecule has 0 amide bonds. The minimum atomic E-state index is -1.15. The van der Waals surface area contributed by atoms with Crippen LogP contribution in [0.5, 0.6) is 0 Å². The summed E-state index contributed by atoms with van der Waals surface area (Å²) in [6.07, 6.45) is 1.93. The van der Waals surface area contributed by atoms with Gasteiger partial charge in [-0.3, -0.25) is 10.1 Å².